The maximum atomic E-state index is 4.12. The molecule has 1 heterocycles. The third-order valence-corrected chi connectivity index (χ3v) is 1.97. The van der Waals surface area contributed by atoms with Crippen LogP contribution in [0.3, 0.4) is 0 Å². The third kappa shape index (κ3) is 2.39. The predicted octanol–water partition coefficient (Wildman–Crippen LogP) is 2.02. The molecule has 9 heavy (non-hydrogen) atoms. The number of nitrogens with zero attached hydrogens (tertiary/aromatic N) is 1. The van der Waals surface area contributed by atoms with Gasteiger partial charge >= 0.3 is 0 Å². The van der Waals surface area contributed by atoms with Gasteiger partial charge in [0.15, 0.2) is 0 Å². The maximum absolute atomic E-state index is 4.12. The van der Waals surface area contributed by atoms with Crippen molar-refractivity contribution in [3.05, 3.63) is 22.4 Å². The summed E-state index contributed by atoms with van der Waals surface area (Å²) in [7, 11) is 1.95. The van der Waals surface area contributed by atoms with Crippen LogP contribution in [0, 0.1) is 0 Å². The molecule has 0 saturated heterocycles. The van der Waals surface area contributed by atoms with Gasteiger partial charge in [0.1, 0.15) is 0 Å². The van der Waals surface area contributed by atoms with Gasteiger partial charge in [-0.1, -0.05) is 18.9 Å². The van der Waals surface area contributed by atoms with Crippen LogP contribution in [-0.2, 0) is 6.54 Å². The molecule has 0 aliphatic carbocycles. The fourth-order valence-corrected chi connectivity index (χ4v) is 1.63. The van der Waals surface area contributed by atoms with Gasteiger partial charge in [0.2, 0.25) is 0 Å². The maximum Gasteiger partial charge on any atom is 0.0429 e. The SMILES string of the molecule is CN(S)Cc1cccs1. The largest absolute Gasteiger partial charge is 0.251 e. The van der Waals surface area contributed by atoms with Crippen molar-refractivity contribution in [2.24, 2.45) is 0 Å². The molecule has 0 saturated carbocycles. The summed E-state index contributed by atoms with van der Waals surface area (Å²) >= 11 is 5.89. The third-order valence-electron chi connectivity index (χ3n) is 0.965. The van der Waals surface area contributed by atoms with Crippen molar-refractivity contribution < 1.29 is 0 Å². The van der Waals surface area contributed by atoms with E-state index in [0.717, 1.165) is 6.54 Å². The van der Waals surface area contributed by atoms with Gasteiger partial charge in [-0.3, -0.25) is 4.31 Å². The van der Waals surface area contributed by atoms with E-state index >= 15 is 0 Å². The normalized spacial score (nSPS) is 10.6. The second-order valence-corrected chi connectivity index (χ2v) is 3.61. The van der Waals surface area contributed by atoms with Gasteiger partial charge < -0.3 is 0 Å². The van der Waals surface area contributed by atoms with Crippen LogP contribution < -0.4 is 0 Å². The summed E-state index contributed by atoms with van der Waals surface area (Å²) in [5.41, 5.74) is 0. The Morgan fingerprint density at radius 1 is 1.78 bits per heavy atom. The predicted molar refractivity (Wildman–Crippen MR) is 44.8 cm³/mol. The first kappa shape index (κ1) is 7.12. The lowest BCUT2D eigenvalue weighted by atomic mass is 10.5. The van der Waals surface area contributed by atoms with Crippen LogP contribution in [0.2, 0.25) is 0 Å². The zero-order chi connectivity index (χ0) is 6.69. The van der Waals surface area contributed by atoms with E-state index in [2.05, 4.69) is 30.3 Å². The first-order valence-corrected chi connectivity index (χ1v) is 3.99. The molecule has 0 unspecified atom stereocenters. The Hall–Kier alpha value is 0.01000. The molecule has 0 fully saturated rings. The zero-order valence-electron chi connectivity index (χ0n) is 5.24. The van der Waals surface area contributed by atoms with E-state index in [4.69, 9.17) is 0 Å². The lowest BCUT2D eigenvalue weighted by Crippen LogP contribution is -2.01. The summed E-state index contributed by atoms with van der Waals surface area (Å²) in [6.07, 6.45) is 0. The molecule has 50 valence electrons. The summed E-state index contributed by atoms with van der Waals surface area (Å²) in [5, 5.41) is 2.08. The second-order valence-electron chi connectivity index (χ2n) is 1.90. The number of hydrogen-bond donors (Lipinski definition) is 1. The molecule has 0 spiro atoms. The van der Waals surface area contributed by atoms with Crippen LogP contribution in [0.1, 0.15) is 4.88 Å². The van der Waals surface area contributed by atoms with Gasteiger partial charge in [-0.25, -0.2) is 0 Å². The monoisotopic (exact) mass is 159 g/mol. The van der Waals surface area contributed by atoms with Crippen molar-refractivity contribution in [1.29, 1.82) is 0 Å². The Morgan fingerprint density at radius 2 is 2.56 bits per heavy atom. The standard InChI is InChI=1S/C6H9NS2/c1-7(8)5-6-3-2-4-9-6/h2-4,8H,5H2,1H3. The molecule has 3 heteroatoms. The summed E-state index contributed by atoms with van der Waals surface area (Å²) < 4.78 is 1.87. The van der Waals surface area contributed by atoms with Crippen molar-refractivity contribution in [2.45, 2.75) is 6.54 Å². The first-order valence-electron chi connectivity index (χ1n) is 2.71. The molecule has 1 aromatic rings. The van der Waals surface area contributed by atoms with Crippen LogP contribution >= 0.6 is 24.2 Å². The van der Waals surface area contributed by atoms with Crippen molar-refractivity contribution in [1.82, 2.24) is 4.31 Å². The van der Waals surface area contributed by atoms with Crippen molar-refractivity contribution in [3.63, 3.8) is 0 Å². The smallest absolute Gasteiger partial charge is 0.0429 e. The Morgan fingerprint density at radius 3 is 3.00 bits per heavy atom. The molecule has 0 aliphatic heterocycles. The van der Waals surface area contributed by atoms with Crippen LogP contribution in [-0.4, -0.2) is 11.4 Å². The lowest BCUT2D eigenvalue weighted by Gasteiger charge is -2.03. The lowest BCUT2D eigenvalue weighted by molar-refractivity contribution is 0.579. The summed E-state index contributed by atoms with van der Waals surface area (Å²) in [4.78, 5) is 1.35. The molecule has 0 aliphatic rings. The molecule has 0 N–H and O–H groups in total. The molecule has 0 atom stereocenters. The average molecular weight is 159 g/mol. The van der Waals surface area contributed by atoms with Gasteiger partial charge in [0.05, 0.1) is 0 Å². The minimum Gasteiger partial charge on any atom is -0.251 e. The average Bonchev–Trinajstić information content (AvgIpc) is 2.15. The minimum atomic E-state index is 0.931. The van der Waals surface area contributed by atoms with E-state index in [0.29, 0.717) is 0 Å². The van der Waals surface area contributed by atoms with Crippen LogP contribution in [0.15, 0.2) is 17.5 Å². The van der Waals surface area contributed by atoms with Crippen LogP contribution in [0.5, 0.6) is 0 Å². The van der Waals surface area contributed by atoms with E-state index in [1.807, 2.05) is 11.4 Å². The highest BCUT2D eigenvalue weighted by Gasteiger charge is 1.93. The van der Waals surface area contributed by atoms with E-state index in [-0.39, 0.29) is 0 Å². The van der Waals surface area contributed by atoms with Crippen molar-refractivity contribution in [2.75, 3.05) is 7.05 Å². The van der Waals surface area contributed by atoms with E-state index in [9.17, 15) is 0 Å². The summed E-state index contributed by atoms with van der Waals surface area (Å²) in [6, 6.07) is 4.16. The Kier molecular flexibility index (Phi) is 2.57. The molecule has 0 aromatic carbocycles. The quantitative estimate of drug-likeness (QED) is 0.646. The van der Waals surface area contributed by atoms with E-state index in [1.54, 1.807) is 11.3 Å². The van der Waals surface area contributed by atoms with Gasteiger partial charge in [-0.15, -0.1) is 11.3 Å². The Labute approximate surface area is 64.9 Å². The fraction of sp³-hybridized carbons (Fsp3) is 0.333. The molecular formula is C6H9NS2. The highest BCUT2D eigenvalue weighted by molar-refractivity contribution is 7.77. The molecule has 0 bridgehead atoms. The number of thiol groups is 1. The summed E-state index contributed by atoms with van der Waals surface area (Å²) in [6.45, 7) is 0.931. The topological polar surface area (TPSA) is 3.24 Å². The fourth-order valence-electron chi connectivity index (χ4n) is 0.628. The molecule has 1 nitrogen and oxygen atoms in total. The van der Waals surface area contributed by atoms with Crippen molar-refractivity contribution in [3.8, 4) is 0 Å². The molecule has 1 aromatic heterocycles. The van der Waals surface area contributed by atoms with Gasteiger partial charge in [-0.05, 0) is 18.5 Å². The Bertz CT molecular complexity index is 158. The minimum absolute atomic E-state index is 0.931. The molecule has 0 radical (unpaired) electrons. The number of thiophene rings is 1. The Balaban J connectivity index is 2.48. The van der Waals surface area contributed by atoms with Gasteiger partial charge in [-0.2, -0.15) is 0 Å². The molecule has 1 rings (SSSR count). The van der Waals surface area contributed by atoms with Crippen molar-refractivity contribution >= 4 is 24.2 Å². The zero-order valence-corrected chi connectivity index (χ0v) is 6.95. The summed E-state index contributed by atoms with van der Waals surface area (Å²) in [5.74, 6) is 0. The molecular weight excluding hydrogens is 150 g/mol. The van der Waals surface area contributed by atoms with Crippen LogP contribution in [0.4, 0.5) is 0 Å². The van der Waals surface area contributed by atoms with Gasteiger partial charge in [0, 0.05) is 11.4 Å². The number of hydrogen-bond acceptors (Lipinski definition) is 3. The molecule has 0 amide bonds. The van der Waals surface area contributed by atoms with E-state index in [1.165, 1.54) is 4.88 Å². The first-order chi connectivity index (χ1) is 4.29. The van der Waals surface area contributed by atoms with Gasteiger partial charge in [0.25, 0.3) is 0 Å². The van der Waals surface area contributed by atoms with E-state index < -0.39 is 0 Å². The number of rotatable bonds is 2. The highest BCUT2D eigenvalue weighted by atomic mass is 32.1. The second kappa shape index (κ2) is 3.25. The van der Waals surface area contributed by atoms with Crippen LogP contribution in [0.25, 0.3) is 0 Å². The highest BCUT2D eigenvalue weighted by Crippen LogP contribution is 2.10.